The van der Waals surface area contributed by atoms with E-state index in [0.717, 1.165) is 17.6 Å². The monoisotopic (exact) mass is 553 g/mol. The van der Waals surface area contributed by atoms with Crippen LogP contribution in [0.4, 0.5) is 17.1 Å². The Labute approximate surface area is 240 Å². The van der Waals surface area contributed by atoms with Crippen molar-refractivity contribution in [3.63, 3.8) is 0 Å². The van der Waals surface area contributed by atoms with Gasteiger partial charge in [-0.2, -0.15) is 5.11 Å². The largest absolute Gasteiger partial charge is 0.494 e. The molecule has 0 bridgehead atoms. The van der Waals surface area contributed by atoms with Crippen molar-refractivity contribution in [1.82, 2.24) is 0 Å². The Morgan fingerprint density at radius 2 is 1.41 bits per heavy atom. The lowest BCUT2D eigenvalue weighted by atomic mass is 10.1. The molecule has 0 aliphatic rings. The van der Waals surface area contributed by atoms with E-state index < -0.39 is 10.9 Å². The number of unbranched alkanes of at least 4 members (excludes halogenated alkanes) is 7. The predicted octanol–water partition coefficient (Wildman–Crippen LogP) is 9.90. The van der Waals surface area contributed by atoms with E-state index in [1.807, 2.05) is 24.3 Å². The third-order valence-electron chi connectivity index (χ3n) is 6.75. The molecule has 41 heavy (non-hydrogen) atoms. The molecule has 0 saturated heterocycles. The topological polar surface area (TPSA) is 103 Å². The average molecular weight is 554 g/mol. The second-order valence-corrected chi connectivity index (χ2v) is 9.84. The van der Waals surface area contributed by atoms with Crippen molar-refractivity contribution in [1.29, 1.82) is 0 Å². The number of nitro benzene ring substituents is 1. The zero-order valence-corrected chi connectivity index (χ0v) is 23.3. The number of nitro groups is 1. The van der Waals surface area contributed by atoms with Gasteiger partial charge in [-0.05, 0) is 55.0 Å². The number of azo groups is 1. The first-order valence-electron chi connectivity index (χ1n) is 14.2. The number of carbonyl (C=O) groups excluding carboxylic acids is 1. The summed E-state index contributed by atoms with van der Waals surface area (Å²) < 4.78 is 11.6. The first-order chi connectivity index (χ1) is 20.0. The molecule has 4 rings (SSSR count). The summed E-state index contributed by atoms with van der Waals surface area (Å²) in [5.74, 6) is 0.678. The van der Waals surface area contributed by atoms with Gasteiger partial charge in [0, 0.05) is 22.9 Å². The third-order valence-corrected chi connectivity index (χ3v) is 6.75. The molecule has 0 saturated carbocycles. The normalized spacial score (nSPS) is 11.1. The second kappa shape index (κ2) is 15.3. The molecule has 0 aromatic heterocycles. The number of non-ortho nitro benzene ring substituents is 1. The van der Waals surface area contributed by atoms with Crippen LogP contribution in [0.2, 0.25) is 0 Å². The maximum atomic E-state index is 12.9. The molecule has 0 spiro atoms. The van der Waals surface area contributed by atoms with Crippen LogP contribution in [0, 0.1) is 10.1 Å². The number of carbonyl (C=O) groups is 1. The lowest BCUT2D eigenvalue weighted by Crippen LogP contribution is -2.08. The molecule has 0 N–H and O–H groups in total. The standard InChI is InChI=1S/C33H35N3O5/c1-2-3-4-5-6-7-8-11-24-40-28-20-14-25(15-21-28)33(37)41-32-23-22-31(29-12-9-10-13-30(29)32)35-34-26-16-18-27(19-17-26)36(38)39/h9-10,12-23H,2-8,11,24H2,1H3. The Kier molecular flexibility index (Phi) is 10.9. The maximum Gasteiger partial charge on any atom is 0.343 e. The van der Waals surface area contributed by atoms with Gasteiger partial charge in [-0.3, -0.25) is 10.1 Å². The molecule has 0 aliphatic carbocycles. The van der Waals surface area contributed by atoms with Gasteiger partial charge in [-0.1, -0.05) is 76.1 Å². The number of rotatable bonds is 15. The van der Waals surface area contributed by atoms with Crippen molar-refractivity contribution >= 4 is 33.8 Å². The summed E-state index contributed by atoms with van der Waals surface area (Å²) in [4.78, 5) is 23.3. The van der Waals surface area contributed by atoms with E-state index >= 15 is 0 Å². The van der Waals surface area contributed by atoms with Gasteiger partial charge in [0.1, 0.15) is 11.5 Å². The molecule has 4 aromatic carbocycles. The lowest BCUT2D eigenvalue weighted by Gasteiger charge is -2.10. The zero-order chi connectivity index (χ0) is 28.9. The van der Waals surface area contributed by atoms with Crippen molar-refractivity contribution in [3.05, 3.63) is 101 Å². The summed E-state index contributed by atoms with van der Waals surface area (Å²) in [6.45, 7) is 2.90. The summed E-state index contributed by atoms with van der Waals surface area (Å²) in [7, 11) is 0. The molecule has 0 heterocycles. The van der Waals surface area contributed by atoms with E-state index in [-0.39, 0.29) is 5.69 Å². The minimum Gasteiger partial charge on any atom is -0.494 e. The fourth-order valence-electron chi connectivity index (χ4n) is 4.46. The fourth-order valence-corrected chi connectivity index (χ4v) is 4.46. The quantitative estimate of drug-likeness (QED) is 0.0364. The van der Waals surface area contributed by atoms with Gasteiger partial charge in [-0.25, -0.2) is 4.79 Å². The minimum absolute atomic E-state index is 0.0125. The Morgan fingerprint density at radius 1 is 0.756 bits per heavy atom. The van der Waals surface area contributed by atoms with Gasteiger partial charge >= 0.3 is 5.97 Å². The highest BCUT2D eigenvalue weighted by atomic mass is 16.6. The Morgan fingerprint density at radius 3 is 2.10 bits per heavy atom. The summed E-state index contributed by atoms with van der Waals surface area (Å²) in [5.41, 5.74) is 1.48. The Hall–Kier alpha value is -4.59. The van der Waals surface area contributed by atoms with Crippen LogP contribution in [0.15, 0.2) is 95.2 Å². The number of nitrogens with zero attached hydrogens (tertiary/aromatic N) is 3. The predicted molar refractivity (Wildman–Crippen MR) is 161 cm³/mol. The number of hydrogen-bond acceptors (Lipinski definition) is 7. The van der Waals surface area contributed by atoms with Crippen LogP contribution in [0.3, 0.4) is 0 Å². The van der Waals surface area contributed by atoms with Gasteiger partial charge in [0.25, 0.3) is 5.69 Å². The SMILES string of the molecule is CCCCCCCCCCOc1ccc(C(=O)Oc2ccc(N=Nc3ccc([N+](=O)[O-])cc3)c3ccccc23)cc1. The summed E-state index contributed by atoms with van der Waals surface area (Å²) in [6, 6.07) is 23.7. The zero-order valence-electron chi connectivity index (χ0n) is 23.3. The van der Waals surface area contributed by atoms with Crippen LogP contribution in [0.5, 0.6) is 11.5 Å². The highest BCUT2D eigenvalue weighted by Gasteiger charge is 2.13. The molecule has 0 radical (unpaired) electrons. The van der Waals surface area contributed by atoms with Crippen LogP contribution < -0.4 is 9.47 Å². The van der Waals surface area contributed by atoms with Crippen molar-refractivity contribution < 1.29 is 19.2 Å². The molecule has 4 aromatic rings. The molecule has 8 nitrogen and oxygen atoms in total. The molecule has 0 aliphatic heterocycles. The van der Waals surface area contributed by atoms with Gasteiger partial charge in [0.05, 0.1) is 28.5 Å². The van der Waals surface area contributed by atoms with Gasteiger partial charge < -0.3 is 9.47 Å². The Bertz CT molecular complexity index is 1470. The van der Waals surface area contributed by atoms with Crippen LogP contribution in [-0.2, 0) is 0 Å². The van der Waals surface area contributed by atoms with Crippen LogP contribution in [0.25, 0.3) is 10.8 Å². The van der Waals surface area contributed by atoms with E-state index in [1.54, 1.807) is 36.4 Å². The minimum atomic E-state index is -0.468. The molecule has 8 heteroatoms. The first kappa shape index (κ1) is 29.4. The highest BCUT2D eigenvalue weighted by Crippen LogP contribution is 2.35. The van der Waals surface area contributed by atoms with Crippen LogP contribution in [-0.4, -0.2) is 17.5 Å². The molecule has 0 amide bonds. The van der Waals surface area contributed by atoms with Gasteiger partial charge in [0.2, 0.25) is 0 Å². The second-order valence-electron chi connectivity index (χ2n) is 9.84. The number of ether oxygens (including phenoxy) is 2. The van der Waals surface area contributed by atoms with Crippen molar-refractivity contribution in [3.8, 4) is 11.5 Å². The van der Waals surface area contributed by atoms with Crippen LogP contribution in [0.1, 0.15) is 68.6 Å². The average Bonchev–Trinajstić information content (AvgIpc) is 3.00. The van der Waals surface area contributed by atoms with Crippen molar-refractivity contribution in [2.75, 3.05) is 6.61 Å². The highest BCUT2D eigenvalue weighted by molar-refractivity contribution is 5.99. The Balaban J connectivity index is 1.33. The van der Waals surface area contributed by atoms with E-state index in [1.165, 1.54) is 69.2 Å². The molecule has 212 valence electrons. The number of benzene rings is 4. The molecule has 0 unspecified atom stereocenters. The van der Waals surface area contributed by atoms with E-state index in [4.69, 9.17) is 9.47 Å². The number of fused-ring (bicyclic) bond motifs is 1. The van der Waals surface area contributed by atoms with E-state index in [0.29, 0.717) is 34.7 Å². The smallest absolute Gasteiger partial charge is 0.343 e. The number of esters is 1. The fraction of sp³-hybridized carbons (Fsp3) is 0.303. The third kappa shape index (κ3) is 8.70. The van der Waals surface area contributed by atoms with Crippen molar-refractivity contribution in [2.45, 2.75) is 58.3 Å². The first-order valence-corrected chi connectivity index (χ1v) is 14.2. The van der Waals surface area contributed by atoms with Gasteiger partial charge in [0.15, 0.2) is 0 Å². The molecule has 0 fully saturated rings. The van der Waals surface area contributed by atoms with Gasteiger partial charge in [-0.15, -0.1) is 5.11 Å². The van der Waals surface area contributed by atoms with Crippen molar-refractivity contribution in [2.24, 2.45) is 10.2 Å². The molecular formula is C33H35N3O5. The van der Waals surface area contributed by atoms with E-state index in [9.17, 15) is 14.9 Å². The number of hydrogen-bond donors (Lipinski definition) is 0. The summed E-state index contributed by atoms with van der Waals surface area (Å²) >= 11 is 0. The molecular weight excluding hydrogens is 518 g/mol. The maximum absolute atomic E-state index is 12.9. The van der Waals surface area contributed by atoms with E-state index in [2.05, 4.69) is 17.2 Å². The van der Waals surface area contributed by atoms with Crippen LogP contribution >= 0.6 is 0 Å². The molecule has 0 atom stereocenters. The lowest BCUT2D eigenvalue weighted by molar-refractivity contribution is -0.384. The summed E-state index contributed by atoms with van der Waals surface area (Å²) in [6.07, 6.45) is 9.99. The summed E-state index contributed by atoms with van der Waals surface area (Å²) in [5, 5.41) is 20.9.